The van der Waals surface area contributed by atoms with E-state index in [0.29, 0.717) is 0 Å². The lowest BCUT2D eigenvalue weighted by molar-refractivity contribution is -0.588. The second-order valence-electron chi connectivity index (χ2n) is 3.43. The number of hydrogen-bond donors (Lipinski definition) is 0. The van der Waals surface area contributed by atoms with Crippen LogP contribution in [0.1, 0.15) is 0 Å². The molecule has 0 aliphatic heterocycles. The van der Waals surface area contributed by atoms with Gasteiger partial charge in [0.05, 0.1) is 10.8 Å². The number of fused-ring (bicyclic) bond motifs is 1. The number of rotatable bonds is 1. The third-order valence-electron chi connectivity index (χ3n) is 2.52. The van der Waals surface area contributed by atoms with Crippen molar-refractivity contribution < 1.29 is 4.57 Å². The Balaban J connectivity index is 2.36. The predicted octanol–water partition coefficient (Wildman–Crippen LogP) is 3.18. The van der Waals surface area contributed by atoms with Crippen LogP contribution in [0.2, 0.25) is 0 Å². The van der Waals surface area contributed by atoms with E-state index in [0.717, 1.165) is 0 Å². The molecule has 0 aliphatic rings. The highest BCUT2D eigenvalue weighted by Crippen LogP contribution is 2.18. The van der Waals surface area contributed by atoms with E-state index in [4.69, 9.17) is 0 Å². The van der Waals surface area contributed by atoms with Crippen molar-refractivity contribution in [3.8, 4) is 5.69 Å². The van der Waals surface area contributed by atoms with Gasteiger partial charge in [0.2, 0.25) is 11.2 Å². The molecular formula is C13H10NS+. The molecular weight excluding hydrogens is 202 g/mol. The molecule has 0 saturated carbocycles. The second-order valence-corrected chi connectivity index (χ2v) is 4.19. The van der Waals surface area contributed by atoms with Gasteiger partial charge in [0.25, 0.3) is 0 Å². The molecule has 0 fully saturated rings. The molecule has 0 aliphatic carbocycles. The molecule has 72 valence electrons. The van der Waals surface area contributed by atoms with E-state index in [1.807, 2.05) is 0 Å². The third-order valence-corrected chi connectivity index (χ3v) is 3.15. The number of benzene rings is 2. The molecule has 2 aromatic carbocycles. The fourth-order valence-corrected chi connectivity index (χ4v) is 2.39. The maximum Gasteiger partial charge on any atom is 0.230 e. The molecule has 0 saturated heterocycles. The quantitative estimate of drug-likeness (QED) is 0.545. The summed E-state index contributed by atoms with van der Waals surface area (Å²) in [5.74, 6) is 0. The van der Waals surface area contributed by atoms with Gasteiger partial charge >= 0.3 is 0 Å². The second kappa shape index (κ2) is 3.48. The normalized spacial score (nSPS) is 10.7. The Bertz CT molecular complexity index is 579. The van der Waals surface area contributed by atoms with Crippen molar-refractivity contribution in [3.05, 3.63) is 59.6 Å². The van der Waals surface area contributed by atoms with Gasteiger partial charge in [-0.3, -0.25) is 0 Å². The standard InChI is InChI=1S/C13H10NS/c1-2-6-12-11(4-1)5-3-7-13(12)14-8-9-15-10-14/h1-10H/q+1. The molecule has 1 aromatic heterocycles. The summed E-state index contributed by atoms with van der Waals surface area (Å²) in [7, 11) is 0. The lowest BCUT2D eigenvalue weighted by atomic mass is 10.1. The highest BCUT2D eigenvalue weighted by molar-refractivity contribution is 7.07. The summed E-state index contributed by atoms with van der Waals surface area (Å²) < 4.78 is 2.16. The van der Waals surface area contributed by atoms with Crippen molar-refractivity contribution >= 4 is 22.1 Å². The van der Waals surface area contributed by atoms with Crippen LogP contribution in [-0.2, 0) is 0 Å². The van der Waals surface area contributed by atoms with Crippen LogP contribution >= 0.6 is 11.3 Å². The lowest BCUT2D eigenvalue weighted by Crippen LogP contribution is -2.26. The zero-order chi connectivity index (χ0) is 10.1. The fourth-order valence-electron chi connectivity index (χ4n) is 1.81. The number of hydrogen-bond acceptors (Lipinski definition) is 1. The highest BCUT2D eigenvalue weighted by atomic mass is 32.1. The van der Waals surface area contributed by atoms with Crippen molar-refractivity contribution in [2.75, 3.05) is 0 Å². The molecule has 0 N–H and O–H groups in total. The van der Waals surface area contributed by atoms with Crippen LogP contribution in [-0.4, -0.2) is 0 Å². The summed E-state index contributed by atoms with van der Waals surface area (Å²) >= 11 is 1.71. The average molecular weight is 212 g/mol. The third kappa shape index (κ3) is 1.43. The molecule has 0 spiro atoms. The summed E-state index contributed by atoms with van der Waals surface area (Å²) in [6.07, 6.45) is 2.09. The van der Waals surface area contributed by atoms with Crippen molar-refractivity contribution in [1.82, 2.24) is 0 Å². The largest absolute Gasteiger partial charge is 0.230 e. The Morgan fingerprint density at radius 3 is 2.67 bits per heavy atom. The Morgan fingerprint density at radius 2 is 1.80 bits per heavy atom. The van der Waals surface area contributed by atoms with E-state index in [-0.39, 0.29) is 0 Å². The molecule has 2 heteroatoms. The zero-order valence-electron chi connectivity index (χ0n) is 8.13. The van der Waals surface area contributed by atoms with Crippen molar-refractivity contribution in [2.45, 2.75) is 0 Å². The van der Waals surface area contributed by atoms with Gasteiger partial charge < -0.3 is 0 Å². The predicted molar refractivity (Wildman–Crippen MR) is 63.4 cm³/mol. The summed E-state index contributed by atoms with van der Waals surface area (Å²) in [4.78, 5) is 0. The number of aromatic nitrogens is 1. The SMILES string of the molecule is c1ccc2c(-[n+]3ccsc3)cccc2c1. The van der Waals surface area contributed by atoms with Gasteiger partial charge in [-0.2, -0.15) is 4.57 Å². The van der Waals surface area contributed by atoms with Crippen LogP contribution in [0, 0.1) is 0 Å². The van der Waals surface area contributed by atoms with Crippen LogP contribution in [0.5, 0.6) is 0 Å². The minimum atomic E-state index is 1.24. The highest BCUT2D eigenvalue weighted by Gasteiger charge is 2.09. The van der Waals surface area contributed by atoms with Gasteiger partial charge in [0, 0.05) is 6.07 Å². The van der Waals surface area contributed by atoms with Crippen molar-refractivity contribution in [2.24, 2.45) is 0 Å². The lowest BCUT2D eigenvalue weighted by Gasteiger charge is -1.98. The zero-order valence-corrected chi connectivity index (χ0v) is 8.95. The van der Waals surface area contributed by atoms with Gasteiger partial charge in [0.15, 0.2) is 6.20 Å². The Hall–Kier alpha value is -1.67. The van der Waals surface area contributed by atoms with Gasteiger partial charge in [-0.15, -0.1) is 0 Å². The van der Waals surface area contributed by atoms with Crippen LogP contribution in [0.25, 0.3) is 16.5 Å². The van der Waals surface area contributed by atoms with Crippen LogP contribution in [0.15, 0.2) is 59.6 Å². The summed E-state index contributed by atoms with van der Waals surface area (Å²) in [5.41, 5.74) is 3.36. The summed E-state index contributed by atoms with van der Waals surface area (Å²) in [6.45, 7) is 0. The average Bonchev–Trinajstić information content (AvgIpc) is 2.82. The molecule has 0 atom stereocenters. The summed E-state index contributed by atoms with van der Waals surface area (Å²) in [6, 6.07) is 14.9. The van der Waals surface area contributed by atoms with Gasteiger partial charge in [0.1, 0.15) is 0 Å². The molecule has 1 heterocycles. The van der Waals surface area contributed by atoms with E-state index in [1.54, 1.807) is 11.3 Å². The maximum atomic E-state index is 2.16. The minimum Gasteiger partial charge on any atom is -0.156 e. The summed E-state index contributed by atoms with van der Waals surface area (Å²) in [5, 5.41) is 4.67. The Labute approximate surface area is 92.2 Å². The van der Waals surface area contributed by atoms with E-state index >= 15 is 0 Å². The first-order valence-corrected chi connectivity index (χ1v) is 5.81. The van der Waals surface area contributed by atoms with Crippen LogP contribution < -0.4 is 4.57 Å². The van der Waals surface area contributed by atoms with Gasteiger partial charge in [-0.1, -0.05) is 41.7 Å². The Kier molecular flexibility index (Phi) is 2.00. The van der Waals surface area contributed by atoms with E-state index in [1.165, 1.54) is 16.5 Å². The molecule has 0 radical (unpaired) electrons. The van der Waals surface area contributed by atoms with Crippen molar-refractivity contribution in [3.63, 3.8) is 0 Å². The molecule has 1 nitrogen and oxygen atoms in total. The molecule has 0 amide bonds. The first-order valence-electron chi connectivity index (χ1n) is 4.87. The minimum absolute atomic E-state index is 1.24. The maximum absolute atomic E-state index is 2.16. The number of thiazole rings is 1. The molecule has 15 heavy (non-hydrogen) atoms. The van der Waals surface area contributed by atoms with Crippen LogP contribution in [0.3, 0.4) is 0 Å². The molecule has 3 aromatic rings. The number of nitrogens with zero attached hydrogens (tertiary/aromatic N) is 1. The van der Waals surface area contributed by atoms with E-state index in [9.17, 15) is 0 Å². The monoisotopic (exact) mass is 212 g/mol. The Morgan fingerprint density at radius 1 is 0.933 bits per heavy atom. The molecule has 0 unspecified atom stereocenters. The molecule has 3 rings (SSSR count). The van der Waals surface area contributed by atoms with Crippen LogP contribution in [0.4, 0.5) is 0 Å². The molecule has 0 bridgehead atoms. The first kappa shape index (κ1) is 8.62. The first-order chi connectivity index (χ1) is 7.45. The smallest absolute Gasteiger partial charge is 0.156 e. The fraction of sp³-hybridized carbons (Fsp3) is 0. The van der Waals surface area contributed by atoms with Gasteiger partial charge in [-0.25, -0.2) is 0 Å². The topological polar surface area (TPSA) is 3.88 Å². The van der Waals surface area contributed by atoms with E-state index in [2.05, 4.69) is 64.1 Å². The van der Waals surface area contributed by atoms with Crippen molar-refractivity contribution in [1.29, 1.82) is 0 Å². The van der Waals surface area contributed by atoms with E-state index < -0.39 is 0 Å². The van der Waals surface area contributed by atoms with Gasteiger partial charge in [-0.05, 0) is 11.5 Å².